The van der Waals surface area contributed by atoms with Crippen LogP contribution < -0.4 is 5.32 Å². The quantitative estimate of drug-likeness (QED) is 0.781. The molecule has 26 heavy (non-hydrogen) atoms. The number of rotatable bonds is 3. The molecule has 1 N–H and O–H groups in total. The van der Waals surface area contributed by atoms with Gasteiger partial charge >= 0.3 is 0 Å². The van der Waals surface area contributed by atoms with E-state index < -0.39 is 0 Å². The van der Waals surface area contributed by atoms with Crippen LogP contribution in [0.4, 0.5) is 0 Å². The molecule has 1 aliphatic heterocycles. The van der Waals surface area contributed by atoms with Gasteiger partial charge in [0.1, 0.15) is 0 Å². The Labute approximate surface area is 152 Å². The van der Waals surface area contributed by atoms with E-state index in [1.165, 1.54) is 0 Å². The summed E-state index contributed by atoms with van der Waals surface area (Å²) in [5, 5.41) is 13.9. The molecule has 1 fully saturated rings. The monoisotopic (exact) mass is 350 g/mol. The molecule has 0 spiro atoms. The maximum Gasteiger partial charge on any atom is 0.276 e. The van der Waals surface area contributed by atoms with Gasteiger partial charge in [0, 0.05) is 36.3 Å². The third-order valence-corrected chi connectivity index (χ3v) is 5.16. The normalized spacial score (nSPS) is 15.3. The van der Waals surface area contributed by atoms with Crippen LogP contribution in [0.3, 0.4) is 0 Å². The van der Waals surface area contributed by atoms with Crippen molar-refractivity contribution in [2.75, 3.05) is 20.1 Å². The Balaban J connectivity index is 1.69. The van der Waals surface area contributed by atoms with Crippen LogP contribution in [0.1, 0.15) is 29.0 Å². The maximum atomic E-state index is 13.0. The number of benzene rings is 1. The SMILES string of the molecule is Cc1c(C(=O)N(C)C2CCNCC2)nnn1-c1cccc2cnccc12. The van der Waals surface area contributed by atoms with Gasteiger partial charge in [-0.05, 0) is 45.0 Å². The smallest absolute Gasteiger partial charge is 0.276 e. The average Bonchev–Trinajstić information content (AvgIpc) is 3.08. The van der Waals surface area contributed by atoms with Crippen LogP contribution in [0.15, 0.2) is 36.7 Å². The number of hydrogen-bond acceptors (Lipinski definition) is 5. The molecule has 2 aromatic heterocycles. The summed E-state index contributed by atoms with van der Waals surface area (Å²) in [6.07, 6.45) is 5.51. The fraction of sp³-hybridized carbons (Fsp3) is 0.368. The number of aromatic nitrogens is 4. The number of carbonyl (C=O) groups excluding carboxylic acids is 1. The van der Waals surface area contributed by atoms with E-state index >= 15 is 0 Å². The summed E-state index contributed by atoms with van der Waals surface area (Å²) in [7, 11) is 1.86. The zero-order chi connectivity index (χ0) is 18.1. The van der Waals surface area contributed by atoms with Crippen molar-refractivity contribution in [3.8, 4) is 5.69 Å². The maximum absolute atomic E-state index is 13.0. The highest BCUT2D eigenvalue weighted by molar-refractivity contribution is 5.94. The van der Waals surface area contributed by atoms with E-state index in [1.54, 1.807) is 10.9 Å². The van der Waals surface area contributed by atoms with Crippen molar-refractivity contribution in [3.63, 3.8) is 0 Å². The Bertz CT molecular complexity index is 939. The van der Waals surface area contributed by atoms with Crippen LogP contribution in [0.2, 0.25) is 0 Å². The van der Waals surface area contributed by atoms with Crippen LogP contribution in [0.5, 0.6) is 0 Å². The molecule has 7 heteroatoms. The summed E-state index contributed by atoms with van der Waals surface area (Å²) >= 11 is 0. The van der Waals surface area contributed by atoms with E-state index in [4.69, 9.17) is 0 Å². The van der Waals surface area contributed by atoms with Crippen molar-refractivity contribution in [2.45, 2.75) is 25.8 Å². The molecule has 0 unspecified atom stereocenters. The predicted molar refractivity (Wildman–Crippen MR) is 99.4 cm³/mol. The lowest BCUT2D eigenvalue weighted by molar-refractivity contribution is 0.0696. The van der Waals surface area contributed by atoms with Gasteiger partial charge in [0.2, 0.25) is 0 Å². The van der Waals surface area contributed by atoms with E-state index in [0.717, 1.165) is 48.1 Å². The fourth-order valence-corrected chi connectivity index (χ4v) is 3.57. The standard InChI is InChI=1S/C19H22N6O/c1-13-18(19(26)24(2)15-6-9-20-10-7-15)22-23-25(13)17-5-3-4-14-12-21-11-8-16(14)17/h3-5,8,11-12,15,20H,6-7,9-10H2,1-2H3. The minimum Gasteiger partial charge on any atom is -0.337 e. The van der Waals surface area contributed by atoms with Crippen molar-refractivity contribution in [2.24, 2.45) is 0 Å². The number of nitrogens with one attached hydrogen (secondary N) is 1. The molecule has 1 saturated heterocycles. The molecular formula is C19H22N6O. The van der Waals surface area contributed by atoms with Gasteiger partial charge in [0.25, 0.3) is 5.91 Å². The minimum atomic E-state index is -0.0671. The topological polar surface area (TPSA) is 75.9 Å². The minimum absolute atomic E-state index is 0.0671. The van der Waals surface area contributed by atoms with Gasteiger partial charge in [-0.1, -0.05) is 17.3 Å². The summed E-state index contributed by atoms with van der Waals surface area (Å²) in [6, 6.07) is 8.15. The number of hydrogen-bond donors (Lipinski definition) is 1. The number of nitrogens with zero attached hydrogens (tertiary/aromatic N) is 5. The van der Waals surface area contributed by atoms with Gasteiger partial charge in [-0.2, -0.15) is 0 Å². The van der Waals surface area contributed by atoms with Gasteiger partial charge in [0.15, 0.2) is 5.69 Å². The molecule has 0 atom stereocenters. The van der Waals surface area contributed by atoms with Gasteiger partial charge in [0.05, 0.1) is 11.4 Å². The Hall–Kier alpha value is -2.80. The van der Waals surface area contributed by atoms with Crippen LogP contribution in [0, 0.1) is 6.92 Å². The lowest BCUT2D eigenvalue weighted by Crippen LogP contribution is -2.44. The first-order valence-electron chi connectivity index (χ1n) is 8.90. The molecule has 0 bridgehead atoms. The van der Waals surface area contributed by atoms with Gasteiger partial charge in [-0.25, -0.2) is 4.68 Å². The highest BCUT2D eigenvalue weighted by Gasteiger charge is 2.27. The van der Waals surface area contributed by atoms with Gasteiger partial charge in [-0.15, -0.1) is 5.10 Å². The van der Waals surface area contributed by atoms with Crippen LogP contribution in [0.25, 0.3) is 16.5 Å². The van der Waals surface area contributed by atoms with E-state index in [9.17, 15) is 4.79 Å². The summed E-state index contributed by atoms with van der Waals surface area (Å²) in [5.74, 6) is -0.0671. The van der Waals surface area contributed by atoms with E-state index in [2.05, 4.69) is 20.6 Å². The lowest BCUT2D eigenvalue weighted by atomic mass is 10.0. The zero-order valence-corrected chi connectivity index (χ0v) is 15.0. The molecule has 0 radical (unpaired) electrons. The Morgan fingerprint density at radius 3 is 2.88 bits per heavy atom. The Morgan fingerprint density at radius 2 is 2.08 bits per heavy atom. The molecule has 1 aliphatic rings. The second kappa shape index (κ2) is 6.84. The van der Waals surface area contributed by atoms with E-state index in [-0.39, 0.29) is 11.9 Å². The first-order chi connectivity index (χ1) is 12.7. The summed E-state index contributed by atoms with van der Waals surface area (Å²) in [6.45, 7) is 3.78. The molecule has 3 aromatic rings. The molecular weight excluding hydrogens is 328 g/mol. The molecule has 134 valence electrons. The number of amides is 1. The Morgan fingerprint density at radius 1 is 1.27 bits per heavy atom. The van der Waals surface area contributed by atoms with Crippen LogP contribution >= 0.6 is 0 Å². The summed E-state index contributed by atoms with van der Waals surface area (Å²) in [5.41, 5.74) is 2.07. The largest absolute Gasteiger partial charge is 0.337 e. The van der Waals surface area contributed by atoms with Crippen molar-refractivity contribution in [3.05, 3.63) is 48.0 Å². The molecule has 3 heterocycles. The highest BCUT2D eigenvalue weighted by Crippen LogP contribution is 2.23. The van der Waals surface area contributed by atoms with Crippen molar-refractivity contribution in [1.82, 2.24) is 30.2 Å². The van der Waals surface area contributed by atoms with Crippen LogP contribution in [-0.4, -0.2) is 57.0 Å². The fourth-order valence-electron chi connectivity index (χ4n) is 3.57. The second-order valence-electron chi connectivity index (χ2n) is 6.71. The number of piperidine rings is 1. The molecule has 0 saturated carbocycles. The van der Waals surface area contributed by atoms with Crippen molar-refractivity contribution in [1.29, 1.82) is 0 Å². The van der Waals surface area contributed by atoms with Gasteiger partial charge < -0.3 is 10.2 Å². The van der Waals surface area contributed by atoms with E-state index in [0.29, 0.717) is 5.69 Å². The molecule has 1 amide bonds. The third-order valence-electron chi connectivity index (χ3n) is 5.16. The lowest BCUT2D eigenvalue weighted by Gasteiger charge is -2.31. The molecule has 0 aliphatic carbocycles. The van der Waals surface area contributed by atoms with Crippen molar-refractivity contribution >= 4 is 16.7 Å². The predicted octanol–water partition coefficient (Wildman–Crippen LogP) is 1.95. The third kappa shape index (κ3) is 2.84. The van der Waals surface area contributed by atoms with Crippen molar-refractivity contribution < 1.29 is 4.79 Å². The Kier molecular flexibility index (Phi) is 4.38. The highest BCUT2D eigenvalue weighted by atomic mass is 16.2. The number of fused-ring (bicyclic) bond motifs is 1. The first kappa shape index (κ1) is 16.7. The molecule has 4 rings (SSSR count). The second-order valence-corrected chi connectivity index (χ2v) is 6.71. The first-order valence-corrected chi connectivity index (χ1v) is 8.90. The summed E-state index contributed by atoms with van der Waals surface area (Å²) in [4.78, 5) is 18.9. The van der Waals surface area contributed by atoms with Crippen LogP contribution in [-0.2, 0) is 0 Å². The average molecular weight is 350 g/mol. The van der Waals surface area contributed by atoms with E-state index in [1.807, 2.05) is 49.3 Å². The summed E-state index contributed by atoms with van der Waals surface area (Å²) < 4.78 is 1.74. The molecule has 7 nitrogen and oxygen atoms in total. The number of pyridine rings is 1. The number of carbonyl (C=O) groups is 1. The molecule has 1 aromatic carbocycles. The van der Waals surface area contributed by atoms with Gasteiger partial charge in [-0.3, -0.25) is 9.78 Å². The zero-order valence-electron chi connectivity index (χ0n) is 15.0.